The normalized spacial score (nSPS) is 12.9. The predicted molar refractivity (Wildman–Crippen MR) is 129 cm³/mol. The average Bonchev–Trinajstić information content (AvgIpc) is 3.09. The standard InChI is InChI=1S/C24H27BrF2N4O4/c1-23(2,3)34-21(32)30-16(9-13-7-14(26)10-15(27)8-13)19-18(25)20-17(11-28-19)29-12-31(20)22(33)35-24(4,5)6/h7-8,10-12,16H,9H2,1-6H3,(H,30,32). The molecule has 35 heavy (non-hydrogen) atoms. The minimum absolute atomic E-state index is 0.00833. The van der Waals surface area contributed by atoms with Crippen molar-refractivity contribution in [3.63, 3.8) is 0 Å². The number of nitrogens with one attached hydrogen (secondary N) is 1. The number of imidazole rings is 1. The molecule has 1 amide bonds. The summed E-state index contributed by atoms with van der Waals surface area (Å²) in [6, 6.07) is 2.24. The number of nitrogens with zero attached hydrogens (tertiary/aromatic N) is 3. The first kappa shape index (κ1) is 26.5. The van der Waals surface area contributed by atoms with E-state index in [4.69, 9.17) is 9.47 Å². The summed E-state index contributed by atoms with van der Waals surface area (Å²) >= 11 is 3.48. The second-order valence-corrected chi connectivity index (χ2v) is 10.8. The zero-order chi connectivity index (χ0) is 26.1. The van der Waals surface area contributed by atoms with Gasteiger partial charge in [0, 0.05) is 6.07 Å². The van der Waals surface area contributed by atoms with E-state index >= 15 is 0 Å². The molecule has 8 nitrogen and oxygen atoms in total. The van der Waals surface area contributed by atoms with Crippen LogP contribution in [0.1, 0.15) is 58.8 Å². The second-order valence-electron chi connectivity index (χ2n) is 9.97. The van der Waals surface area contributed by atoms with Gasteiger partial charge < -0.3 is 14.8 Å². The van der Waals surface area contributed by atoms with Crippen molar-refractivity contribution >= 4 is 39.1 Å². The number of pyridine rings is 1. The molecule has 1 N–H and O–H groups in total. The second kappa shape index (κ2) is 9.88. The molecule has 0 saturated carbocycles. The number of benzene rings is 1. The van der Waals surface area contributed by atoms with Gasteiger partial charge in [-0.15, -0.1) is 0 Å². The summed E-state index contributed by atoms with van der Waals surface area (Å²) in [6.07, 6.45) is 1.35. The maximum atomic E-state index is 13.8. The van der Waals surface area contributed by atoms with Gasteiger partial charge in [0.1, 0.15) is 34.7 Å². The Kier molecular flexibility index (Phi) is 7.49. The van der Waals surface area contributed by atoms with E-state index in [1.165, 1.54) is 29.2 Å². The highest BCUT2D eigenvalue weighted by molar-refractivity contribution is 9.10. The van der Waals surface area contributed by atoms with E-state index < -0.39 is 41.1 Å². The quantitative estimate of drug-likeness (QED) is 0.422. The van der Waals surface area contributed by atoms with Crippen LogP contribution in [0, 0.1) is 11.6 Å². The summed E-state index contributed by atoms with van der Waals surface area (Å²) in [7, 11) is 0. The molecule has 11 heteroatoms. The molecule has 0 aliphatic heterocycles. The first-order valence-corrected chi connectivity index (χ1v) is 11.6. The van der Waals surface area contributed by atoms with Crippen LogP contribution < -0.4 is 5.32 Å². The van der Waals surface area contributed by atoms with E-state index in [1.54, 1.807) is 41.5 Å². The Balaban J connectivity index is 2.07. The van der Waals surface area contributed by atoms with Crippen molar-refractivity contribution in [2.24, 2.45) is 0 Å². The molecule has 0 bridgehead atoms. The SMILES string of the molecule is CC(C)(C)OC(=O)NC(Cc1cc(F)cc(F)c1)c1ncc2ncn(C(=O)OC(C)(C)C)c2c1Br. The molecule has 0 spiro atoms. The summed E-state index contributed by atoms with van der Waals surface area (Å²) in [5.74, 6) is -1.50. The summed E-state index contributed by atoms with van der Waals surface area (Å²) in [4.78, 5) is 34.0. The summed E-state index contributed by atoms with van der Waals surface area (Å²) in [6.45, 7) is 10.4. The molecule has 0 fully saturated rings. The fourth-order valence-corrected chi connectivity index (χ4v) is 4.08. The monoisotopic (exact) mass is 552 g/mol. The number of carbonyl (C=O) groups excluding carboxylic acids is 2. The van der Waals surface area contributed by atoms with Crippen LogP contribution in [0.3, 0.4) is 0 Å². The minimum atomic E-state index is -0.869. The largest absolute Gasteiger partial charge is 0.444 e. The Labute approximate surface area is 210 Å². The average molecular weight is 553 g/mol. The van der Waals surface area contributed by atoms with E-state index in [1.807, 2.05) is 0 Å². The number of hydrogen-bond acceptors (Lipinski definition) is 6. The number of amides is 1. The molecule has 0 radical (unpaired) electrons. The van der Waals surface area contributed by atoms with E-state index in [-0.39, 0.29) is 12.0 Å². The third-order valence-electron chi connectivity index (χ3n) is 4.53. The first-order chi connectivity index (χ1) is 16.1. The number of aromatic nitrogens is 3. The van der Waals surface area contributed by atoms with Crippen molar-refractivity contribution in [3.8, 4) is 0 Å². The molecule has 2 heterocycles. The number of rotatable bonds is 4. The van der Waals surface area contributed by atoms with Gasteiger partial charge in [-0.3, -0.25) is 4.98 Å². The van der Waals surface area contributed by atoms with Crippen LogP contribution in [0.15, 0.2) is 35.2 Å². The minimum Gasteiger partial charge on any atom is -0.444 e. The predicted octanol–water partition coefficient (Wildman–Crippen LogP) is 6.06. The summed E-state index contributed by atoms with van der Waals surface area (Å²) < 4.78 is 40.1. The van der Waals surface area contributed by atoms with Crippen molar-refractivity contribution < 1.29 is 27.8 Å². The highest BCUT2D eigenvalue weighted by atomic mass is 79.9. The zero-order valence-corrected chi connectivity index (χ0v) is 21.9. The number of alkyl carbamates (subject to hydrolysis) is 1. The molecule has 0 aliphatic carbocycles. The topological polar surface area (TPSA) is 95.3 Å². The van der Waals surface area contributed by atoms with Crippen molar-refractivity contribution in [3.05, 3.63) is 58.1 Å². The van der Waals surface area contributed by atoms with Crippen LogP contribution >= 0.6 is 15.9 Å². The van der Waals surface area contributed by atoms with Crippen LogP contribution in [0.4, 0.5) is 18.4 Å². The molecular weight excluding hydrogens is 526 g/mol. The fraction of sp³-hybridized carbons (Fsp3) is 0.417. The number of fused-ring (bicyclic) bond motifs is 1. The van der Waals surface area contributed by atoms with Crippen molar-refractivity contribution in [1.29, 1.82) is 0 Å². The molecule has 2 aromatic heterocycles. The van der Waals surface area contributed by atoms with Crippen molar-refractivity contribution in [2.45, 2.75) is 65.2 Å². The third kappa shape index (κ3) is 6.97. The molecule has 1 aromatic carbocycles. The van der Waals surface area contributed by atoms with E-state index in [0.29, 0.717) is 21.2 Å². The van der Waals surface area contributed by atoms with Gasteiger partial charge in [0.2, 0.25) is 0 Å². The lowest BCUT2D eigenvalue weighted by Gasteiger charge is -2.24. The molecule has 0 aliphatic rings. The fourth-order valence-electron chi connectivity index (χ4n) is 3.31. The van der Waals surface area contributed by atoms with Crippen molar-refractivity contribution in [1.82, 2.24) is 19.9 Å². The van der Waals surface area contributed by atoms with Crippen LogP contribution in [-0.4, -0.2) is 37.9 Å². The van der Waals surface area contributed by atoms with E-state index in [2.05, 4.69) is 31.2 Å². The number of ether oxygens (including phenoxy) is 2. The highest BCUT2D eigenvalue weighted by Gasteiger charge is 2.27. The van der Waals surface area contributed by atoms with Gasteiger partial charge in [-0.2, -0.15) is 0 Å². The van der Waals surface area contributed by atoms with Gasteiger partial charge in [0.25, 0.3) is 0 Å². The maximum Gasteiger partial charge on any atom is 0.420 e. The van der Waals surface area contributed by atoms with Gasteiger partial charge in [-0.1, -0.05) is 0 Å². The zero-order valence-electron chi connectivity index (χ0n) is 20.3. The Bertz CT molecular complexity index is 1240. The molecule has 3 rings (SSSR count). The first-order valence-electron chi connectivity index (χ1n) is 10.8. The summed E-state index contributed by atoms with van der Waals surface area (Å²) in [5.41, 5.74) is -0.150. The number of halogens is 3. The molecule has 1 atom stereocenters. The lowest BCUT2D eigenvalue weighted by Crippen LogP contribution is -2.36. The maximum absolute atomic E-state index is 13.8. The van der Waals surface area contributed by atoms with Gasteiger partial charge in [-0.25, -0.2) is 27.9 Å². The Morgan fingerprint density at radius 2 is 1.63 bits per heavy atom. The van der Waals surface area contributed by atoms with Gasteiger partial charge in [0.15, 0.2) is 0 Å². The Morgan fingerprint density at radius 3 is 2.20 bits per heavy atom. The molecule has 0 saturated heterocycles. The van der Waals surface area contributed by atoms with Gasteiger partial charge in [-0.05, 0) is 81.6 Å². The van der Waals surface area contributed by atoms with E-state index in [0.717, 1.165) is 6.07 Å². The van der Waals surface area contributed by atoms with Gasteiger partial charge in [0.05, 0.1) is 27.9 Å². The Hall–Kier alpha value is -3.08. The lowest BCUT2D eigenvalue weighted by molar-refractivity contribution is 0.0498. The van der Waals surface area contributed by atoms with Crippen molar-refractivity contribution in [2.75, 3.05) is 0 Å². The highest BCUT2D eigenvalue weighted by Crippen LogP contribution is 2.32. The van der Waals surface area contributed by atoms with Crippen LogP contribution in [0.2, 0.25) is 0 Å². The molecule has 3 aromatic rings. The van der Waals surface area contributed by atoms with E-state index in [9.17, 15) is 18.4 Å². The smallest absolute Gasteiger partial charge is 0.420 e. The Morgan fingerprint density at radius 1 is 1.03 bits per heavy atom. The number of carbonyl (C=O) groups is 2. The van der Waals surface area contributed by atoms with Crippen LogP contribution in [-0.2, 0) is 15.9 Å². The lowest BCUT2D eigenvalue weighted by atomic mass is 10.0. The van der Waals surface area contributed by atoms with Gasteiger partial charge >= 0.3 is 12.2 Å². The third-order valence-corrected chi connectivity index (χ3v) is 5.31. The van der Waals surface area contributed by atoms with Crippen LogP contribution in [0.5, 0.6) is 0 Å². The summed E-state index contributed by atoms with van der Waals surface area (Å²) in [5, 5.41) is 2.72. The molecule has 1 unspecified atom stereocenters. The molecular formula is C24H27BrF2N4O4. The van der Waals surface area contributed by atoms with Crippen LogP contribution in [0.25, 0.3) is 11.0 Å². The number of hydrogen-bond donors (Lipinski definition) is 1. The molecule has 188 valence electrons.